The van der Waals surface area contributed by atoms with Gasteiger partial charge in [0.25, 0.3) is 0 Å². The minimum absolute atomic E-state index is 0.0752. The number of thiophene rings is 1. The molecule has 0 N–H and O–H groups in total. The molecular weight excluding hydrogens is 156 g/mol. The molecule has 1 fully saturated rings. The van der Waals surface area contributed by atoms with E-state index in [1.54, 1.807) is 11.3 Å². The maximum absolute atomic E-state index is 10.8. The zero-order valence-electron chi connectivity index (χ0n) is 6.25. The normalized spacial score (nSPS) is 20.7. The molecule has 2 rings (SSSR count). The van der Waals surface area contributed by atoms with Crippen molar-refractivity contribution in [2.75, 3.05) is 0 Å². The van der Waals surface area contributed by atoms with Crippen LogP contribution in [0, 0.1) is 0 Å². The highest BCUT2D eigenvalue weighted by atomic mass is 32.1. The van der Waals surface area contributed by atoms with E-state index in [4.69, 9.17) is 0 Å². The molecule has 1 nitrogen and oxygen atoms in total. The van der Waals surface area contributed by atoms with Crippen LogP contribution in [0.25, 0.3) is 0 Å². The molecule has 0 atom stereocenters. The first-order valence-electron chi connectivity index (χ1n) is 3.88. The number of carbonyl (C=O) groups is 1. The van der Waals surface area contributed by atoms with Crippen molar-refractivity contribution in [3.63, 3.8) is 0 Å². The Morgan fingerprint density at radius 3 is 2.73 bits per heavy atom. The molecule has 1 aromatic rings. The molecule has 0 radical (unpaired) electrons. The molecule has 1 aromatic heterocycles. The standard InChI is InChI=1S/C9H10OS/c10-7-9(4-2-5-9)8-3-1-6-11-8/h1,3,6-7H,2,4-5H2. The Labute approximate surface area is 70.1 Å². The number of hydrogen-bond acceptors (Lipinski definition) is 2. The highest BCUT2D eigenvalue weighted by Crippen LogP contribution is 2.43. The highest BCUT2D eigenvalue weighted by Gasteiger charge is 2.39. The van der Waals surface area contributed by atoms with Crippen LogP contribution >= 0.6 is 11.3 Å². The lowest BCUT2D eigenvalue weighted by molar-refractivity contribution is -0.115. The van der Waals surface area contributed by atoms with E-state index in [-0.39, 0.29) is 5.41 Å². The second-order valence-corrected chi connectivity index (χ2v) is 4.05. The van der Waals surface area contributed by atoms with E-state index in [1.165, 1.54) is 11.3 Å². The van der Waals surface area contributed by atoms with Gasteiger partial charge in [0.05, 0.1) is 5.41 Å². The lowest BCUT2D eigenvalue weighted by Gasteiger charge is -2.35. The van der Waals surface area contributed by atoms with Gasteiger partial charge in [-0.1, -0.05) is 12.5 Å². The number of aldehydes is 1. The zero-order valence-corrected chi connectivity index (χ0v) is 7.06. The Kier molecular flexibility index (Phi) is 1.57. The molecule has 11 heavy (non-hydrogen) atoms. The van der Waals surface area contributed by atoms with Crippen LogP contribution in [-0.4, -0.2) is 6.29 Å². The van der Waals surface area contributed by atoms with Crippen LogP contribution in [-0.2, 0) is 10.2 Å². The highest BCUT2D eigenvalue weighted by molar-refractivity contribution is 7.10. The second kappa shape index (κ2) is 2.45. The number of carbonyl (C=O) groups excluding carboxylic acids is 1. The van der Waals surface area contributed by atoms with Crippen LogP contribution in [0.2, 0.25) is 0 Å². The molecule has 0 aromatic carbocycles. The summed E-state index contributed by atoms with van der Waals surface area (Å²) in [5, 5.41) is 2.04. The summed E-state index contributed by atoms with van der Waals surface area (Å²) in [6.45, 7) is 0. The van der Waals surface area contributed by atoms with E-state index in [9.17, 15) is 4.79 Å². The van der Waals surface area contributed by atoms with Crippen LogP contribution in [0.4, 0.5) is 0 Å². The molecule has 0 unspecified atom stereocenters. The Bertz CT molecular complexity index is 247. The van der Waals surface area contributed by atoms with E-state index in [0.29, 0.717) is 0 Å². The first-order valence-corrected chi connectivity index (χ1v) is 4.76. The van der Waals surface area contributed by atoms with E-state index in [1.807, 2.05) is 11.4 Å². The van der Waals surface area contributed by atoms with Crippen molar-refractivity contribution in [3.05, 3.63) is 22.4 Å². The van der Waals surface area contributed by atoms with Gasteiger partial charge in [-0.2, -0.15) is 0 Å². The van der Waals surface area contributed by atoms with Gasteiger partial charge < -0.3 is 4.79 Å². The molecule has 2 heteroatoms. The van der Waals surface area contributed by atoms with Crippen molar-refractivity contribution in [3.8, 4) is 0 Å². The van der Waals surface area contributed by atoms with E-state index in [2.05, 4.69) is 6.07 Å². The van der Waals surface area contributed by atoms with Crippen molar-refractivity contribution < 1.29 is 4.79 Å². The first kappa shape index (κ1) is 7.04. The van der Waals surface area contributed by atoms with Crippen molar-refractivity contribution >= 4 is 17.6 Å². The summed E-state index contributed by atoms with van der Waals surface area (Å²) in [6.07, 6.45) is 4.44. The fourth-order valence-corrected chi connectivity index (χ4v) is 2.49. The molecule has 1 saturated carbocycles. The molecule has 1 aliphatic rings. The summed E-state index contributed by atoms with van der Waals surface area (Å²) in [7, 11) is 0. The lowest BCUT2D eigenvalue weighted by Crippen LogP contribution is -2.34. The molecule has 0 amide bonds. The third-order valence-electron chi connectivity index (χ3n) is 2.48. The molecule has 0 aliphatic heterocycles. The Morgan fingerprint density at radius 2 is 2.36 bits per heavy atom. The quantitative estimate of drug-likeness (QED) is 0.616. The van der Waals surface area contributed by atoms with Crippen LogP contribution < -0.4 is 0 Å². The molecule has 0 spiro atoms. The van der Waals surface area contributed by atoms with Gasteiger partial charge in [0.15, 0.2) is 0 Å². The topological polar surface area (TPSA) is 17.1 Å². The number of hydrogen-bond donors (Lipinski definition) is 0. The average Bonchev–Trinajstić information content (AvgIpc) is 2.39. The fourth-order valence-electron chi connectivity index (χ4n) is 1.54. The second-order valence-electron chi connectivity index (χ2n) is 3.10. The summed E-state index contributed by atoms with van der Waals surface area (Å²) in [5.41, 5.74) is -0.0752. The molecule has 1 heterocycles. The SMILES string of the molecule is O=CC1(c2cccs2)CCC1. The van der Waals surface area contributed by atoms with Gasteiger partial charge in [0.1, 0.15) is 6.29 Å². The monoisotopic (exact) mass is 166 g/mol. The van der Waals surface area contributed by atoms with Crippen molar-refractivity contribution in [2.45, 2.75) is 24.7 Å². The van der Waals surface area contributed by atoms with E-state index in [0.717, 1.165) is 19.1 Å². The van der Waals surface area contributed by atoms with Gasteiger partial charge in [0, 0.05) is 4.88 Å². The number of rotatable bonds is 2. The lowest BCUT2D eigenvalue weighted by atomic mass is 9.69. The van der Waals surface area contributed by atoms with Gasteiger partial charge in [-0.05, 0) is 24.3 Å². The summed E-state index contributed by atoms with van der Waals surface area (Å²) in [6, 6.07) is 4.09. The molecule has 0 bridgehead atoms. The van der Waals surface area contributed by atoms with Crippen LogP contribution in [0.3, 0.4) is 0 Å². The summed E-state index contributed by atoms with van der Waals surface area (Å²) in [4.78, 5) is 12.1. The van der Waals surface area contributed by atoms with Crippen LogP contribution in [0.5, 0.6) is 0 Å². The predicted octanol–water partition coefficient (Wildman–Crippen LogP) is 2.37. The van der Waals surface area contributed by atoms with E-state index < -0.39 is 0 Å². The smallest absolute Gasteiger partial charge is 0.131 e. The van der Waals surface area contributed by atoms with Gasteiger partial charge in [-0.15, -0.1) is 11.3 Å². The Hall–Kier alpha value is -0.630. The summed E-state index contributed by atoms with van der Waals surface area (Å²) >= 11 is 1.70. The first-order chi connectivity index (χ1) is 5.37. The van der Waals surface area contributed by atoms with Crippen molar-refractivity contribution in [1.29, 1.82) is 0 Å². The fraction of sp³-hybridized carbons (Fsp3) is 0.444. The van der Waals surface area contributed by atoms with Gasteiger partial charge in [0.2, 0.25) is 0 Å². The van der Waals surface area contributed by atoms with Crippen molar-refractivity contribution in [2.24, 2.45) is 0 Å². The molecular formula is C9H10OS. The molecule has 0 saturated heterocycles. The molecule has 1 aliphatic carbocycles. The maximum atomic E-state index is 10.8. The summed E-state index contributed by atoms with van der Waals surface area (Å²) in [5.74, 6) is 0. The van der Waals surface area contributed by atoms with Crippen LogP contribution in [0.15, 0.2) is 17.5 Å². The van der Waals surface area contributed by atoms with Crippen molar-refractivity contribution in [1.82, 2.24) is 0 Å². The molecule has 58 valence electrons. The maximum Gasteiger partial charge on any atom is 0.131 e. The largest absolute Gasteiger partial charge is 0.302 e. The Balaban J connectivity index is 2.32. The van der Waals surface area contributed by atoms with Crippen LogP contribution in [0.1, 0.15) is 24.1 Å². The predicted molar refractivity (Wildman–Crippen MR) is 45.9 cm³/mol. The van der Waals surface area contributed by atoms with Gasteiger partial charge >= 0.3 is 0 Å². The zero-order chi connectivity index (χ0) is 7.73. The summed E-state index contributed by atoms with van der Waals surface area (Å²) < 4.78 is 0. The third kappa shape index (κ3) is 0.932. The van der Waals surface area contributed by atoms with E-state index >= 15 is 0 Å². The minimum Gasteiger partial charge on any atom is -0.302 e. The minimum atomic E-state index is -0.0752. The third-order valence-corrected chi connectivity index (χ3v) is 3.57. The van der Waals surface area contributed by atoms with Gasteiger partial charge in [-0.3, -0.25) is 0 Å². The van der Waals surface area contributed by atoms with Gasteiger partial charge in [-0.25, -0.2) is 0 Å². The Morgan fingerprint density at radius 1 is 1.55 bits per heavy atom. The average molecular weight is 166 g/mol.